The van der Waals surface area contributed by atoms with E-state index in [1.807, 2.05) is 18.2 Å². The summed E-state index contributed by atoms with van der Waals surface area (Å²) in [5.74, 6) is 0.679. The van der Waals surface area contributed by atoms with Gasteiger partial charge in [0.25, 0.3) is 0 Å². The van der Waals surface area contributed by atoms with Crippen LogP contribution in [-0.2, 0) is 11.2 Å². The molecule has 2 rings (SSSR count). The van der Waals surface area contributed by atoms with Gasteiger partial charge in [-0.1, -0.05) is 0 Å². The number of fused-ring (bicyclic) bond motifs is 1. The average molecular weight is 248 g/mol. The van der Waals surface area contributed by atoms with E-state index in [-0.39, 0.29) is 12.3 Å². The molecule has 0 atom stereocenters. The summed E-state index contributed by atoms with van der Waals surface area (Å²) in [7, 11) is 1.61. The van der Waals surface area contributed by atoms with Crippen LogP contribution in [0.1, 0.15) is 5.56 Å². The molecule has 0 radical (unpaired) electrons. The molecule has 0 aliphatic heterocycles. The molecule has 0 spiro atoms. The van der Waals surface area contributed by atoms with Gasteiger partial charge in [0.1, 0.15) is 11.3 Å². The molecule has 5 nitrogen and oxygen atoms in total. The topological polar surface area (TPSA) is 77.5 Å². The van der Waals surface area contributed by atoms with E-state index in [0.717, 1.165) is 22.3 Å². The summed E-state index contributed by atoms with van der Waals surface area (Å²) < 4.78 is 10.6. The molecule has 18 heavy (non-hydrogen) atoms. The average Bonchev–Trinajstić information content (AvgIpc) is 2.78. The smallest absolute Gasteiger partial charge is 0.224 e. The highest BCUT2D eigenvalue weighted by Gasteiger charge is 2.10. The van der Waals surface area contributed by atoms with Crippen molar-refractivity contribution in [1.29, 1.82) is 0 Å². The Bertz CT molecular complexity index is 548. The van der Waals surface area contributed by atoms with Gasteiger partial charge >= 0.3 is 0 Å². The molecular formula is C13H16N2O3. The maximum atomic E-state index is 11.6. The number of nitrogens with two attached hydrogens (primary N) is 1. The van der Waals surface area contributed by atoms with Gasteiger partial charge in [-0.3, -0.25) is 4.79 Å². The molecule has 0 aliphatic carbocycles. The fourth-order valence-electron chi connectivity index (χ4n) is 1.77. The van der Waals surface area contributed by atoms with Crippen molar-refractivity contribution in [2.75, 3.05) is 20.2 Å². The third-order valence-electron chi connectivity index (χ3n) is 2.68. The SMILES string of the molecule is COc1ccc2occ(CC(=O)NCCN)c2c1. The van der Waals surface area contributed by atoms with Gasteiger partial charge in [-0.05, 0) is 18.2 Å². The van der Waals surface area contributed by atoms with Crippen LogP contribution >= 0.6 is 0 Å². The molecule has 0 fully saturated rings. The Morgan fingerprint density at radius 2 is 2.33 bits per heavy atom. The van der Waals surface area contributed by atoms with Gasteiger partial charge in [0, 0.05) is 24.0 Å². The number of amides is 1. The fourth-order valence-corrected chi connectivity index (χ4v) is 1.77. The summed E-state index contributed by atoms with van der Waals surface area (Å²) >= 11 is 0. The highest BCUT2D eigenvalue weighted by Crippen LogP contribution is 2.25. The van der Waals surface area contributed by atoms with E-state index in [9.17, 15) is 4.79 Å². The van der Waals surface area contributed by atoms with Crippen LogP contribution in [0.15, 0.2) is 28.9 Å². The lowest BCUT2D eigenvalue weighted by atomic mass is 10.1. The van der Waals surface area contributed by atoms with Gasteiger partial charge in [0.05, 0.1) is 19.8 Å². The van der Waals surface area contributed by atoms with Crippen LogP contribution in [0.4, 0.5) is 0 Å². The fraction of sp³-hybridized carbons (Fsp3) is 0.308. The molecule has 0 unspecified atom stereocenters. The van der Waals surface area contributed by atoms with Crippen LogP contribution in [0.3, 0.4) is 0 Å². The second kappa shape index (κ2) is 5.55. The van der Waals surface area contributed by atoms with Crippen LogP contribution in [0.5, 0.6) is 5.75 Å². The quantitative estimate of drug-likeness (QED) is 0.829. The van der Waals surface area contributed by atoms with E-state index in [4.69, 9.17) is 14.9 Å². The van der Waals surface area contributed by atoms with E-state index < -0.39 is 0 Å². The first-order valence-electron chi connectivity index (χ1n) is 5.75. The van der Waals surface area contributed by atoms with Crippen molar-refractivity contribution in [3.05, 3.63) is 30.0 Å². The van der Waals surface area contributed by atoms with E-state index >= 15 is 0 Å². The van der Waals surface area contributed by atoms with Crippen molar-refractivity contribution < 1.29 is 13.9 Å². The maximum Gasteiger partial charge on any atom is 0.224 e. The van der Waals surface area contributed by atoms with E-state index in [2.05, 4.69) is 5.32 Å². The Balaban J connectivity index is 2.20. The predicted octanol–water partition coefficient (Wildman–Crippen LogP) is 1.06. The molecule has 1 aromatic carbocycles. The van der Waals surface area contributed by atoms with Gasteiger partial charge in [0.2, 0.25) is 5.91 Å². The maximum absolute atomic E-state index is 11.6. The van der Waals surface area contributed by atoms with Crippen LogP contribution in [0.25, 0.3) is 11.0 Å². The second-order valence-electron chi connectivity index (χ2n) is 3.94. The summed E-state index contributed by atoms with van der Waals surface area (Å²) in [4.78, 5) is 11.6. The third kappa shape index (κ3) is 2.62. The molecule has 3 N–H and O–H groups in total. The van der Waals surface area contributed by atoms with Crippen molar-refractivity contribution in [3.8, 4) is 5.75 Å². The lowest BCUT2D eigenvalue weighted by Crippen LogP contribution is -2.30. The molecular weight excluding hydrogens is 232 g/mol. The first-order valence-corrected chi connectivity index (χ1v) is 5.75. The monoisotopic (exact) mass is 248 g/mol. The van der Waals surface area contributed by atoms with Crippen molar-refractivity contribution in [2.45, 2.75) is 6.42 Å². The van der Waals surface area contributed by atoms with Crippen LogP contribution in [0.2, 0.25) is 0 Å². The van der Waals surface area contributed by atoms with Gasteiger partial charge in [-0.25, -0.2) is 0 Å². The Labute approximate surface area is 105 Å². The first kappa shape index (κ1) is 12.4. The predicted molar refractivity (Wildman–Crippen MR) is 68.5 cm³/mol. The highest BCUT2D eigenvalue weighted by molar-refractivity contribution is 5.88. The first-order chi connectivity index (χ1) is 8.74. The lowest BCUT2D eigenvalue weighted by Gasteiger charge is -2.02. The molecule has 1 aromatic heterocycles. The number of furan rings is 1. The largest absolute Gasteiger partial charge is 0.497 e. The normalized spacial score (nSPS) is 10.6. The minimum absolute atomic E-state index is 0.0639. The zero-order chi connectivity index (χ0) is 13.0. The summed E-state index contributed by atoms with van der Waals surface area (Å²) in [5.41, 5.74) is 6.92. The van der Waals surface area contributed by atoms with E-state index in [0.29, 0.717) is 13.1 Å². The Kier molecular flexibility index (Phi) is 3.84. The Morgan fingerprint density at radius 1 is 1.50 bits per heavy atom. The summed E-state index contributed by atoms with van der Waals surface area (Å²) in [6.45, 7) is 0.920. The number of hydrogen-bond donors (Lipinski definition) is 2. The summed E-state index contributed by atoms with van der Waals surface area (Å²) in [6.07, 6.45) is 1.88. The molecule has 96 valence electrons. The number of nitrogens with one attached hydrogen (secondary N) is 1. The number of rotatable bonds is 5. The molecule has 0 bridgehead atoms. The number of methoxy groups -OCH3 is 1. The van der Waals surface area contributed by atoms with E-state index in [1.165, 1.54) is 0 Å². The molecule has 1 heterocycles. The van der Waals surface area contributed by atoms with Crippen molar-refractivity contribution >= 4 is 16.9 Å². The molecule has 0 saturated heterocycles. The second-order valence-corrected chi connectivity index (χ2v) is 3.94. The van der Waals surface area contributed by atoms with Gasteiger partial charge < -0.3 is 20.2 Å². The number of ether oxygens (including phenoxy) is 1. The number of hydrogen-bond acceptors (Lipinski definition) is 4. The van der Waals surface area contributed by atoms with E-state index in [1.54, 1.807) is 13.4 Å². The number of carbonyl (C=O) groups excluding carboxylic acids is 1. The van der Waals surface area contributed by atoms with Crippen molar-refractivity contribution in [3.63, 3.8) is 0 Å². The minimum atomic E-state index is -0.0639. The van der Waals surface area contributed by atoms with Crippen LogP contribution < -0.4 is 15.8 Å². The van der Waals surface area contributed by atoms with Crippen molar-refractivity contribution in [2.24, 2.45) is 5.73 Å². The highest BCUT2D eigenvalue weighted by atomic mass is 16.5. The zero-order valence-corrected chi connectivity index (χ0v) is 10.2. The third-order valence-corrected chi connectivity index (χ3v) is 2.68. The number of benzene rings is 1. The summed E-state index contributed by atoms with van der Waals surface area (Å²) in [5, 5.41) is 3.63. The summed E-state index contributed by atoms with van der Waals surface area (Å²) in [6, 6.07) is 5.52. The van der Waals surface area contributed by atoms with Crippen LogP contribution in [0, 0.1) is 0 Å². The van der Waals surface area contributed by atoms with Crippen LogP contribution in [-0.4, -0.2) is 26.1 Å². The minimum Gasteiger partial charge on any atom is -0.497 e. The molecule has 0 aliphatic rings. The molecule has 5 heteroatoms. The molecule has 1 amide bonds. The standard InChI is InChI=1S/C13H16N2O3/c1-17-10-2-3-12-11(7-10)9(8-18-12)6-13(16)15-5-4-14/h2-3,7-8H,4-6,14H2,1H3,(H,15,16). The zero-order valence-electron chi connectivity index (χ0n) is 10.2. The lowest BCUT2D eigenvalue weighted by molar-refractivity contribution is -0.120. The Hall–Kier alpha value is -2.01. The molecule has 2 aromatic rings. The Morgan fingerprint density at radius 3 is 3.06 bits per heavy atom. The van der Waals surface area contributed by atoms with Gasteiger partial charge in [-0.2, -0.15) is 0 Å². The number of carbonyl (C=O) groups is 1. The van der Waals surface area contributed by atoms with Gasteiger partial charge in [-0.15, -0.1) is 0 Å². The van der Waals surface area contributed by atoms with Crippen molar-refractivity contribution in [1.82, 2.24) is 5.32 Å². The van der Waals surface area contributed by atoms with Gasteiger partial charge in [0.15, 0.2) is 0 Å². The molecule has 0 saturated carbocycles.